The second kappa shape index (κ2) is 8.26. The van der Waals surface area contributed by atoms with E-state index in [-0.39, 0.29) is 17.3 Å². The lowest BCUT2D eigenvalue weighted by atomic mass is 10.3. The molecule has 0 radical (unpaired) electrons. The Morgan fingerprint density at radius 2 is 2.12 bits per heavy atom. The van der Waals surface area contributed by atoms with Gasteiger partial charge in [-0.05, 0) is 30.0 Å². The minimum absolute atomic E-state index is 0.140. The molecule has 25 heavy (non-hydrogen) atoms. The number of hydrogen-bond acceptors (Lipinski definition) is 5. The van der Waals surface area contributed by atoms with E-state index in [4.69, 9.17) is 0 Å². The molecule has 3 aromatic rings. The number of anilines is 1. The highest BCUT2D eigenvalue weighted by atomic mass is 32.2. The lowest BCUT2D eigenvalue weighted by molar-refractivity contribution is -0.113. The fourth-order valence-corrected chi connectivity index (χ4v) is 3.77. The summed E-state index contributed by atoms with van der Waals surface area (Å²) in [7, 11) is 0. The SMILES string of the molecule is CCCn1c(SCC(=O)Nc2ccccc2F)nnc1-c1cccs1. The first-order chi connectivity index (χ1) is 12.2. The van der Waals surface area contributed by atoms with Gasteiger partial charge in [-0.25, -0.2) is 4.39 Å². The zero-order valence-electron chi connectivity index (χ0n) is 13.6. The topological polar surface area (TPSA) is 59.8 Å². The number of rotatable bonds is 7. The molecule has 5 nitrogen and oxygen atoms in total. The number of aromatic nitrogens is 3. The van der Waals surface area contributed by atoms with Crippen LogP contribution >= 0.6 is 23.1 Å². The Morgan fingerprint density at radius 3 is 2.84 bits per heavy atom. The van der Waals surface area contributed by atoms with Crippen LogP contribution in [0.5, 0.6) is 0 Å². The van der Waals surface area contributed by atoms with E-state index >= 15 is 0 Å². The fraction of sp³-hybridized carbons (Fsp3) is 0.235. The van der Waals surface area contributed by atoms with E-state index in [1.807, 2.05) is 22.1 Å². The molecule has 0 fully saturated rings. The Morgan fingerprint density at radius 1 is 1.28 bits per heavy atom. The van der Waals surface area contributed by atoms with Crippen molar-refractivity contribution in [2.24, 2.45) is 0 Å². The van der Waals surface area contributed by atoms with Gasteiger partial charge in [0.2, 0.25) is 5.91 Å². The number of nitrogens with one attached hydrogen (secondary N) is 1. The number of hydrogen-bond donors (Lipinski definition) is 1. The van der Waals surface area contributed by atoms with Crippen LogP contribution < -0.4 is 5.32 Å². The molecule has 0 spiro atoms. The number of thioether (sulfide) groups is 1. The van der Waals surface area contributed by atoms with Crippen LogP contribution in [0.25, 0.3) is 10.7 Å². The summed E-state index contributed by atoms with van der Waals surface area (Å²) in [5, 5.41) is 13.7. The van der Waals surface area contributed by atoms with Crippen molar-refractivity contribution < 1.29 is 9.18 Å². The van der Waals surface area contributed by atoms with Crippen molar-refractivity contribution >= 4 is 34.7 Å². The largest absolute Gasteiger partial charge is 0.323 e. The summed E-state index contributed by atoms with van der Waals surface area (Å²) in [5.41, 5.74) is 0.183. The van der Waals surface area contributed by atoms with Crippen molar-refractivity contribution in [3.63, 3.8) is 0 Å². The first-order valence-corrected chi connectivity index (χ1v) is 9.69. The maximum atomic E-state index is 13.6. The predicted molar refractivity (Wildman–Crippen MR) is 99.4 cm³/mol. The van der Waals surface area contributed by atoms with Gasteiger partial charge in [0.05, 0.1) is 16.3 Å². The maximum absolute atomic E-state index is 13.6. The monoisotopic (exact) mass is 376 g/mol. The third kappa shape index (κ3) is 4.26. The van der Waals surface area contributed by atoms with Crippen molar-refractivity contribution in [2.75, 3.05) is 11.1 Å². The van der Waals surface area contributed by atoms with Crippen LogP contribution in [0.15, 0.2) is 46.9 Å². The summed E-state index contributed by atoms with van der Waals surface area (Å²) < 4.78 is 15.6. The second-order valence-electron chi connectivity index (χ2n) is 5.25. The lowest BCUT2D eigenvalue weighted by Crippen LogP contribution is -2.15. The molecule has 2 aromatic heterocycles. The van der Waals surface area contributed by atoms with E-state index in [2.05, 4.69) is 22.4 Å². The van der Waals surface area contributed by atoms with Gasteiger partial charge in [0.1, 0.15) is 5.82 Å². The third-order valence-electron chi connectivity index (χ3n) is 3.39. The number of amides is 1. The van der Waals surface area contributed by atoms with Crippen molar-refractivity contribution in [2.45, 2.75) is 25.0 Å². The third-order valence-corrected chi connectivity index (χ3v) is 5.22. The highest BCUT2D eigenvalue weighted by molar-refractivity contribution is 7.99. The van der Waals surface area contributed by atoms with E-state index in [1.165, 1.54) is 23.9 Å². The lowest BCUT2D eigenvalue weighted by Gasteiger charge is -2.08. The summed E-state index contributed by atoms with van der Waals surface area (Å²) in [6.45, 7) is 2.86. The Kier molecular flexibility index (Phi) is 5.83. The zero-order valence-corrected chi connectivity index (χ0v) is 15.2. The fourth-order valence-electron chi connectivity index (χ4n) is 2.29. The number of benzene rings is 1. The van der Waals surface area contributed by atoms with E-state index < -0.39 is 5.82 Å². The van der Waals surface area contributed by atoms with E-state index in [0.717, 1.165) is 23.7 Å². The second-order valence-corrected chi connectivity index (χ2v) is 7.14. The molecule has 1 aromatic carbocycles. The zero-order chi connectivity index (χ0) is 17.6. The van der Waals surface area contributed by atoms with Gasteiger partial charge in [0.15, 0.2) is 11.0 Å². The van der Waals surface area contributed by atoms with E-state index in [9.17, 15) is 9.18 Å². The van der Waals surface area contributed by atoms with Crippen LogP contribution in [-0.4, -0.2) is 26.4 Å². The molecule has 130 valence electrons. The molecule has 1 amide bonds. The van der Waals surface area contributed by atoms with Crippen LogP contribution in [0.2, 0.25) is 0 Å². The first kappa shape index (κ1) is 17.6. The Labute approximate surface area is 153 Å². The van der Waals surface area contributed by atoms with Gasteiger partial charge in [0, 0.05) is 6.54 Å². The van der Waals surface area contributed by atoms with Gasteiger partial charge >= 0.3 is 0 Å². The quantitative estimate of drug-likeness (QED) is 0.625. The summed E-state index contributed by atoms with van der Waals surface area (Å²) >= 11 is 2.90. The number of halogens is 1. The number of carbonyl (C=O) groups excluding carboxylic acids is 1. The Hall–Kier alpha value is -2.19. The van der Waals surface area contributed by atoms with E-state index in [1.54, 1.807) is 23.5 Å². The van der Waals surface area contributed by atoms with Crippen molar-refractivity contribution in [1.82, 2.24) is 14.8 Å². The predicted octanol–water partition coefficient (Wildman–Crippen LogP) is 4.29. The van der Waals surface area contributed by atoms with Crippen molar-refractivity contribution in [1.29, 1.82) is 0 Å². The average Bonchev–Trinajstić information content (AvgIpc) is 3.25. The molecule has 0 aliphatic rings. The van der Waals surface area contributed by atoms with Crippen molar-refractivity contribution in [3.05, 3.63) is 47.6 Å². The van der Waals surface area contributed by atoms with Gasteiger partial charge < -0.3 is 9.88 Å². The van der Waals surface area contributed by atoms with E-state index in [0.29, 0.717) is 5.16 Å². The van der Waals surface area contributed by atoms with Gasteiger partial charge in [-0.1, -0.05) is 36.9 Å². The molecule has 3 rings (SSSR count). The van der Waals surface area contributed by atoms with Crippen LogP contribution in [0.3, 0.4) is 0 Å². The van der Waals surface area contributed by atoms with Gasteiger partial charge in [-0.3, -0.25) is 4.79 Å². The van der Waals surface area contributed by atoms with Gasteiger partial charge in [0.25, 0.3) is 0 Å². The molecule has 1 N–H and O–H groups in total. The average molecular weight is 376 g/mol. The number of para-hydroxylation sites is 1. The van der Waals surface area contributed by atoms with Gasteiger partial charge in [-0.15, -0.1) is 21.5 Å². The Balaban J connectivity index is 1.68. The molecule has 0 saturated heterocycles. The highest BCUT2D eigenvalue weighted by Gasteiger charge is 2.16. The summed E-state index contributed by atoms with van der Waals surface area (Å²) in [5.74, 6) is 0.225. The molecule has 0 aliphatic heterocycles. The van der Waals surface area contributed by atoms with Crippen LogP contribution in [0.1, 0.15) is 13.3 Å². The maximum Gasteiger partial charge on any atom is 0.234 e. The molecule has 0 saturated carbocycles. The smallest absolute Gasteiger partial charge is 0.234 e. The minimum Gasteiger partial charge on any atom is -0.323 e. The highest BCUT2D eigenvalue weighted by Crippen LogP contribution is 2.27. The normalized spacial score (nSPS) is 10.8. The molecular weight excluding hydrogens is 359 g/mol. The molecule has 0 aliphatic carbocycles. The molecule has 0 unspecified atom stereocenters. The summed E-state index contributed by atoms with van der Waals surface area (Å²) in [6, 6.07) is 10.1. The first-order valence-electron chi connectivity index (χ1n) is 7.83. The molecule has 8 heteroatoms. The molecule has 0 bridgehead atoms. The summed E-state index contributed by atoms with van der Waals surface area (Å²) in [6.07, 6.45) is 0.936. The van der Waals surface area contributed by atoms with Gasteiger partial charge in [-0.2, -0.15) is 0 Å². The minimum atomic E-state index is -0.449. The van der Waals surface area contributed by atoms with Crippen LogP contribution in [0.4, 0.5) is 10.1 Å². The molecule has 2 heterocycles. The van der Waals surface area contributed by atoms with Crippen LogP contribution in [-0.2, 0) is 11.3 Å². The number of thiophene rings is 1. The van der Waals surface area contributed by atoms with Crippen LogP contribution in [0, 0.1) is 5.82 Å². The van der Waals surface area contributed by atoms with Crippen molar-refractivity contribution in [3.8, 4) is 10.7 Å². The number of carbonyl (C=O) groups is 1. The Bertz CT molecular complexity index is 848. The number of nitrogens with zero attached hydrogens (tertiary/aromatic N) is 3. The molecular formula is C17H17FN4OS2. The summed E-state index contributed by atoms with van der Waals surface area (Å²) in [4.78, 5) is 13.1. The standard InChI is InChI=1S/C17H17FN4OS2/c1-2-9-22-16(14-8-5-10-24-14)20-21-17(22)25-11-15(23)19-13-7-4-3-6-12(13)18/h3-8,10H,2,9,11H2,1H3,(H,19,23). The molecule has 0 atom stereocenters.